The monoisotopic (exact) mass is 514 g/mol. The number of amides is 1. The molecule has 2 aromatic rings. The van der Waals surface area contributed by atoms with E-state index in [1.54, 1.807) is 0 Å². The van der Waals surface area contributed by atoms with Gasteiger partial charge in [-0.05, 0) is 68.0 Å². The van der Waals surface area contributed by atoms with Gasteiger partial charge < -0.3 is 15.4 Å². The van der Waals surface area contributed by atoms with Crippen LogP contribution in [-0.2, 0) is 35.0 Å². The summed E-state index contributed by atoms with van der Waals surface area (Å²) in [5.41, 5.74) is -1.46. The Kier molecular flexibility index (Phi) is 7.13. The first-order valence-electron chi connectivity index (χ1n) is 11.8. The van der Waals surface area contributed by atoms with E-state index in [1.807, 2.05) is 38.1 Å². The van der Waals surface area contributed by atoms with Crippen LogP contribution < -0.4 is 10.6 Å². The molecule has 4 nitrogen and oxygen atoms in total. The predicted octanol–water partition coefficient (Wildman–Crippen LogP) is 5.76. The number of carbonyl (C=O) groups is 1. The van der Waals surface area contributed by atoms with Gasteiger partial charge in [-0.2, -0.15) is 26.3 Å². The number of nitrogens with one attached hydrogen (secondary N) is 2. The van der Waals surface area contributed by atoms with Crippen molar-refractivity contribution in [2.75, 3.05) is 0 Å². The van der Waals surface area contributed by atoms with Crippen LogP contribution in [0.4, 0.5) is 26.3 Å². The number of piperidine rings is 1. The molecule has 0 aliphatic carbocycles. The fourth-order valence-corrected chi connectivity index (χ4v) is 5.29. The van der Waals surface area contributed by atoms with E-state index < -0.39 is 41.7 Å². The zero-order valence-corrected chi connectivity index (χ0v) is 19.9. The van der Waals surface area contributed by atoms with Crippen molar-refractivity contribution in [2.24, 2.45) is 5.92 Å². The van der Waals surface area contributed by atoms with Crippen LogP contribution in [0.5, 0.6) is 0 Å². The van der Waals surface area contributed by atoms with Crippen molar-refractivity contribution in [1.82, 2.24) is 10.6 Å². The third kappa shape index (κ3) is 5.70. The number of aryl methyl sites for hydroxylation is 1. The molecule has 0 spiro atoms. The summed E-state index contributed by atoms with van der Waals surface area (Å²) >= 11 is 0. The topological polar surface area (TPSA) is 50.4 Å². The highest BCUT2D eigenvalue weighted by Gasteiger charge is 2.52. The third-order valence-electron chi connectivity index (χ3n) is 7.25. The lowest BCUT2D eigenvalue weighted by Gasteiger charge is -2.39. The molecule has 2 aliphatic heterocycles. The second kappa shape index (κ2) is 9.70. The first kappa shape index (κ1) is 26.5. The minimum absolute atomic E-state index is 0.0721. The number of alkyl halides is 6. The second-order valence-corrected chi connectivity index (χ2v) is 9.91. The first-order valence-corrected chi connectivity index (χ1v) is 11.8. The number of benzene rings is 2. The summed E-state index contributed by atoms with van der Waals surface area (Å²) in [7, 11) is 0. The van der Waals surface area contributed by atoms with Crippen molar-refractivity contribution in [3.63, 3.8) is 0 Å². The molecular weight excluding hydrogens is 486 g/mol. The molecule has 4 rings (SSSR count). The Balaban J connectivity index is 1.42. The predicted molar refractivity (Wildman–Crippen MR) is 121 cm³/mol. The quantitative estimate of drug-likeness (QED) is 0.482. The summed E-state index contributed by atoms with van der Waals surface area (Å²) in [5.74, 6) is -0.397. The molecule has 2 N–H and O–H groups in total. The Labute approximate surface area is 205 Å². The summed E-state index contributed by atoms with van der Waals surface area (Å²) in [6.45, 7) is 3.86. The van der Waals surface area contributed by atoms with Crippen LogP contribution in [0.1, 0.15) is 54.0 Å². The standard InChI is InChI=1S/C26H28F6N2O2/c1-15-5-3-4-6-17(15)13-33-23(35)20-12-24(2)22(8-7-21(20)34-24)36-14-16-9-18(25(27,28)29)11-19(10-16)26(30,31)32/h3-6,9-11,20-22,34H,7-8,12-14H2,1-2H3,(H,33,35). The molecule has 2 heterocycles. The molecule has 0 aromatic heterocycles. The van der Waals surface area contributed by atoms with E-state index in [2.05, 4.69) is 10.6 Å². The molecule has 4 atom stereocenters. The molecular formula is C26H28F6N2O2. The van der Waals surface area contributed by atoms with Gasteiger partial charge in [0.15, 0.2) is 0 Å². The van der Waals surface area contributed by atoms with Crippen LogP contribution in [-0.4, -0.2) is 23.6 Å². The lowest BCUT2D eigenvalue weighted by Crippen LogP contribution is -2.55. The molecule has 0 saturated carbocycles. The molecule has 2 aromatic carbocycles. The first-order chi connectivity index (χ1) is 16.8. The zero-order valence-electron chi connectivity index (χ0n) is 19.9. The molecule has 196 valence electrons. The largest absolute Gasteiger partial charge is 0.416 e. The number of hydrogen-bond acceptors (Lipinski definition) is 3. The van der Waals surface area contributed by atoms with Gasteiger partial charge in [0.1, 0.15) is 0 Å². The number of carbonyl (C=O) groups excluding carboxylic acids is 1. The Bertz CT molecular complexity index is 1080. The lowest BCUT2D eigenvalue weighted by molar-refractivity contribution is -0.143. The Hall–Kier alpha value is -2.59. The van der Waals surface area contributed by atoms with E-state index in [9.17, 15) is 31.1 Å². The van der Waals surface area contributed by atoms with E-state index in [1.165, 1.54) is 0 Å². The normalized spacial score (nSPS) is 26.2. The zero-order chi connectivity index (χ0) is 26.3. The highest BCUT2D eigenvalue weighted by atomic mass is 19.4. The van der Waals surface area contributed by atoms with Gasteiger partial charge in [0, 0.05) is 18.1 Å². The summed E-state index contributed by atoms with van der Waals surface area (Å²) in [6, 6.07) is 9.16. The molecule has 2 saturated heterocycles. The molecule has 2 fully saturated rings. The number of halogens is 6. The smallest absolute Gasteiger partial charge is 0.372 e. The minimum Gasteiger partial charge on any atom is -0.372 e. The van der Waals surface area contributed by atoms with Crippen LogP contribution >= 0.6 is 0 Å². The van der Waals surface area contributed by atoms with Crippen molar-refractivity contribution in [1.29, 1.82) is 0 Å². The maximum absolute atomic E-state index is 13.2. The average Bonchev–Trinajstić information content (AvgIpc) is 3.07. The summed E-state index contributed by atoms with van der Waals surface area (Å²) in [6.07, 6.45) is -8.68. The van der Waals surface area contributed by atoms with Crippen LogP contribution in [0.15, 0.2) is 42.5 Å². The molecule has 36 heavy (non-hydrogen) atoms. The van der Waals surface area contributed by atoms with E-state index >= 15 is 0 Å². The molecule has 0 radical (unpaired) electrons. The third-order valence-corrected chi connectivity index (χ3v) is 7.25. The van der Waals surface area contributed by atoms with E-state index in [0.29, 0.717) is 37.9 Å². The Morgan fingerprint density at radius 1 is 1.06 bits per heavy atom. The van der Waals surface area contributed by atoms with E-state index in [0.717, 1.165) is 11.1 Å². The maximum Gasteiger partial charge on any atom is 0.416 e. The van der Waals surface area contributed by atoms with Gasteiger partial charge in [0.25, 0.3) is 0 Å². The van der Waals surface area contributed by atoms with Crippen LogP contribution in [0.2, 0.25) is 0 Å². The molecule has 2 aliphatic rings. The summed E-state index contributed by atoms with van der Waals surface area (Å²) in [5, 5.41) is 6.41. The van der Waals surface area contributed by atoms with Crippen molar-refractivity contribution in [3.05, 3.63) is 70.3 Å². The number of ether oxygens (including phenoxy) is 1. The number of hydrogen-bond donors (Lipinski definition) is 2. The SMILES string of the molecule is Cc1ccccc1CNC(=O)C1CC2(C)NC1CCC2OCc1cc(C(F)(F)F)cc(C(F)(F)F)c1. The molecule has 1 amide bonds. The van der Waals surface area contributed by atoms with Crippen molar-refractivity contribution < 1.29 is 35.9 Å². The van der Waals surface area contributed by atoms with Gasteiger partial charge in [-0.3, -0.25) is 4.79 Å². The van der Waals surface area contributed by atoms with Gasteiger partial charge in [-0.25, -0.2) is 0 Å². The van der Waals surface area contributed by atoms with Gasteiger partial charge in [-0.1, -0.05) is 24.3 Å². The number of rotatable bonds is 6. The van der Waals surface area contributed by atoms with Crippen LogP contribution in [0.25, 0.3) is 0 Å². The summed E-state index contributed by atoms with van der Waals surface area (Å²) in [4.78, 5) is 13.0. The lowest BCUT2D eigenvalue weighted by atomic mass is 9.88. The Morgan fingerprint density at radius 3 is 2.31 bits per heavy atom. The van der Waals surface area contributed by atoms with Gasteiger partial charge in [0.2, 0.25) is 5.91 Å². The molecule has 2 bridgehead atoms. The van der Waals surface area contributed by atoms with Crippen molar-refractivity contribution in [3.8, 4) is 0 Å². The maximum atomic E-state index is 13.2. The van der Waals surface area contributed by atoms with E-state index in [-0.39, 0.29) is 29.5 Å². The average molecular weight is 515 g/mol. The Morgan fingerprint density at radius 2 is 1.69 bits per heavy atom. The van der Waals surface area contributed by atoms with Crippen LogP contribution in [0.3, 0.4) is 0 Å². The van der Waals surface area contributed by atoms with Crippen LogP contribution in [0, 0.1) is 12.8 Å². The summed E-state index contributed by atoms with van der Waals surface area (Å²) < 4.78 is 84.9. The van der Waals surface area contributed by atoms with Gasteiger partial charge >= 0.3 is 12.4 Å². The highest BCUT2D eigenvalue weighted by Crippen LogP contribution is 2.42. The van der Waals surface area contributed by atoms with Crippen molar-refractivity contribution in [2.45, 2.75) is 76.3 Å². The minimum atomic E-state index is -4.91. The van der Waals surface area contributed by atoms with Crippen molar-refractivity contribution >= 4 is 5.91 Å². The molecule has 4 unspecified atom stereocenters. The number of fused-ring (bicyclic) bond motifs is 2. The molecule has 10 heteroatoms. The van der Waals surface area contributed by atoms with E-state index in [4.69, 9.17) is 4.74 Å². The van der Waals surface area contributed by atoms with Gasteiger partial charge in [-0.15, -0.1) is 0 Å². The second-order valence-electron chi connectivity index (χ2n) is 9.91. The van der Waals surface area contributed by atoms with Gasteiger partial charge in [0.05, 0.1) is 29.8 Å². The fraction of sp³-hybridized carbons (Fsp3) is 0.500. The fourth-order valence-electron chi connectivity index (χ4n) is 5.29. The highest BCUT2D eigenvalue weighted by molar-refractivity contribution is 5.80.